The van der Waals surface area contributed by atoms with E-state index in [1.807, 2.05) is 25.1 Å². The predicted octanol–water partition coefficient (Wildman–Crippen LogP) is 2.70. The van der Waals surface area contributed by atoms with Crippen molar-refractivity contribution in [3.63, 3.8) is 0 Å². The van der Waals surface area contributed by atoms with E-state index in [1.165, 1.54) is 12.5 Å². The Balaban J connectivity index is 1.60. The van der Waals surface area contributed by atoms with Gasteiger partial charge in [0, 0.05) is 18.5 Å². The fourth-order valence-corrected chi connectivity index (χ4v) is 4.66. The molecule has 0 aromatic heterocycles. The first kappa shape index (κ1) is 18.3. The number of nitrogens with two attached hydrogens (primary N) is 1. The number of nitrogens with zero attached hydrogens (tertiary/aromatic N) is 1. The summed E-state index contributed by atoms with van der Waals surface area (Å²) in [5.74, 6) is 0.953. The van der Waals surface area contributed by atoms with Gasteiger partial charge < -0.3 is 16.0 Å². The highest BCUT2D eigenvalue weighted by Gasteiger charge is 2.40. The number of halogens is 1. The zero-order valence-corrected chi connectivity index (χ0v) is 15.2. The summed E-state index contributed by atoms with van der Waals surface area (Å²) in [6.07, 6.45) is 5.39. The number of carbonyl (C=O) groups excluding carboxylic acids is 1. The predicted molar refractivity (Wildman–Crippen MR) is 97.4 cm³/mol. The fraction of sp³-hybridized carbons (Fsp3) is 0.650. The number of benzene rings is 1. The van der Waals surface area contributed by atoms with Crippen molar-refractivity contribution in [2.75, 3.05) is 20.6 Å². The van der Waals surface area contributed by atoms with Gasteiger partial charge in [0.15, 0.2) is 0 Å². The van der Waals surface area contributed by atoms with Gasteiger partial charge in [-0.1, -0.05) is 18.6 Å². The summed E-state index contributed by atoms with van der Waals surface area (Å²) in [5, 5.41) is 3.11. The van der Waals surface area contributed by atoms with Crippen molar-refractivity contribution in [1.82, 2.24) is 10.2 Å². The van der Waals surface area contributed by atoms with Crippen LogP contribution in [-0.2, 0) is 4.79 Å². The van der Waals surface area contributed by atoms with E-state index in [2.05, 4.69) is 5.32 Å². The molecule has 0 aliphatic heterocycles. The minimum Gasteiger partial charge on any atom is -0.354 e. The molecular weight excluding hydrogens is 317 g/mol. The second-order valence-corrected chi connectivity index (χ2v) is 7.98. The largest absolute Gasteiger partial charge is 0.354 e. The van der Waals surface area contributed by atoms with Crippen LogP contribution in [0.1, 0.15) is 43.7 Å². The summed E-state index contributed by atoms with van der Waals surface area (Å²) < 4.78 is 13.5. The van der Waals surface area contributed by atoms with E-state index in [1.54, 1.807) is 12.1 Å². The van der Waals surface area contributed by atoms with Gasteiger partial charge in [0.25, 0.3) is 0 Å². The lowest BCUT2D eigenvalue weighted by atomic mass is 9.65. The highest BCUT2D eigenvalue weighted by molar-refractivity contribution is 5.78. The first-order valence-corrected chi connectivity index (χ1v) is 9.41. The molecule has 1 amide bonds. The van der Waals surface area contributed by atoms with E-state index in [4.69, 9.17) is 5.73 Å². The second-order valence-electron chi connectivity index (χ2n) is 7.98. The molecule has 4 nitrogen and oxygen atoms in total. The minimum absolute atomic E-state index is 0.0370. The molecule has 3 atom stereocenters. The fourth-order valence-electron chi connectivity index (χ4n) is 4.66. The highest BCUT2D eigenvalue weighted by atomic mass is 19.1. The topological polar surface area (TPSA) is 58.4 Å². The van der Waals surface area contributed by atoms with Gasteiger partial charge in [-0.2, -0.15) is 0 Å². The molecule has 3 unspecified atom stereocenters. The van der Waals surface area contributed by atoms with E-state index >= 15 is 0 Å². The number of hydrogen-bond acceptors (Lipinski definition) is 3. The zero-order valence-electron chi connectivity index (χ0n) is 15.2. The van der Waals surface area contributed by atoms with Crippen LogP contribution in [0, 0.1) is 23.6 Å². The average molecular weight is 347 g/mol. The Morgan fingerprint density at radius 2 is 2.00 bits per heavy atom. The number of nitrogens with one attached hydrogen (secondary N) is 1. The molecule has 2 fully saturated rings. The lowest BCUT2D eigenvalue weighted by Gasteiger charge is -2.43. The maximum Gasteiger partial charge on any atom is 0.223 e. The maximum atomic E-state index is 13.5. The van der Waals surface area contributed by atoms with Gasteiger partial charge in [0.1, 0.15) is 5.82 Å². The van der Waals surface area contributed by atoms with Crippen molar-refractivity contribution in [1.29, 1.82) is 0 Å². The highest BCUT2D eigenvalue weighted by Crippen LogP contribution is 2.41. The standard InChI is InChI=1S/C20H30FN3O/c1-24(2)18(13-5-4-8-17(21)11-13)12-23-20(25)16-9-14-6-3-7-15(10-16)19(14)22/h4-5,8,11,14-16,18-19H,3,6-7,9-10,12,22H2,1-2H3,(H,23,25). The van der Waals surface area contributed by atoms with E-state index in [9.17, 15) is 9.18 Å². The lowest BCUT2D eigenvalue weighted by molar-refractivity contribution is -0.128. The summed E-state index contributed by atoms with van der Waals surface area (Å²) in [6.45, 7) is 0.493. The third-order valence-corrected chi connectivity index (χ3v) is 6.11. The maximum absolute atomic E-state index is 13.5. The molecule has 0 radical (unpaired) electrons. The summed E-state index contributed by atoms with van der Waals surface area (Å²) in [4.78, 5) is 14.7. The molecule has 1 aromatic carbocycles. The quantitative estimate of drug-likeness (QED) is 0.861. The number of hydrogen-bond donors (Lipinski definition) is 2. The van der Waals surface area contributed by atoms with Gasteiger partial charge in [0.2, 0.25) is 5.91 Å². The molecule has 0 spiro atoms. The molecule has 3 N–H and O–H groups in total. The molecule has 25 heavy (non-hydrogen) atoms. The molecule has 2 aliphatic carbocycles. The molecule has 2 saturated carbocycles. The van der Waals surface area contributed by atoms with Crippen LogP contribution in [0.2, 0.25) is 0 Å². The van der Waals surface area contributed by atoms with Gasteiger partial charge in [-0.25, -0.2) is 4.39 Å². The monoisotopic (exact) mass is 347 g/mol. The van der Waals surface area contributed by atoms with Crippen LogP contribution >= 0.6 is 0 Å². The molecule has 2 bridgehead atoms. The van der Waals surface area contributed by atoms with Gasteiger partial charge >= 0.3 is 0 Å². The lowest BCUT2D eigenvalue weighted by Crippen LogP contribution is -2.49. The Bertz CT molecular complexity index is 592. The summed E-state index contributed by atoms with van der Waals surface area (Å²) >= 11 is 0. The SMILES string of the molecule is CN(C)C(CNC(=O)C1CC2CCCC(C1)C2N)c1cccc(F)c1. The van der Waals surface area contributed by atoms with Crippen molar-refractivity contribution in [3.05, 3.63) is 35.6 Å². The van der Waals surface area contributed by atoms with Crippen LogP contribution in [0.15, 0.2) is 24.3 Å². The molecule has 3 rings (SSSR count). The molecule has 0 heterocycles. The normalized spacial score (nSPS) is 30.1. The van der Waals surface area contributed by atoms with Crippen LogP contribution in [0.3, 0.4) is 0 Å². The number of amides is 1. The summed E-state index contributed by atoms with van der Waals surface area (Å²) in [5.41, 5.74) is 7.21. The third kappa shape index (κ3) is 4.21. The number of carbonyl (C=O) groups is 1. The van der Waals surface area contributed by atoms with Crippen molar-refractivity contribution in [2.45, 2.75) is 44.2 Å². The van der Waals surface area contributed by atoms with Gasteiger partial charge in [0.05, 0.1) is 6.04 Å². The molecule has 1 aromatic rings. The number of likely N-dealkylation sites (N-methyl/N-ethyl adjacent to an activating group) is 1. The Morgan fingerprint density at radius 1 is 1.32 bits per heavy atom. The van der Waals surface area contributed by atoms with Crippen LogP contribution in [0.5, 0.6) is 0 Å². The van der Waals surface area contributed by atoms with Crippen LogP contribution in [-0.4, -0.2) is 37.5 Å². The van der Waals surface area contributed by atoms with E-state index in [-0.39, 0.29) is 29.7 Å². The van der Waals surface area contributed by atoms with Crippen molar-refractivity contribution in [2.24, 2.45) is 23.5 Å². The van der Waals surface area contributed by atoms with E-state index < -0.39 is 0 Å². The number of fused-ring (bicyclic) bond motifs is 2. The number of rotatable bonds is 5. The Labute approximate surface area is 150 Å². The summed E-state index contributed by atoms with van der Waals surface area (Å²) in [6, 6.07) is 6.85. The van der Waals surface area contributed by atoms with Crippen molar-refractivity contribution in [3.8, 4) is 0 Å². The van der Waals surface area contributed by atoms with Crippen molar-refractivity contribution < 1.29 is 9.18 Å². The van der Waals surface area contributed by atoms with Crippen LogP contribution in [0.25, 0.3) is 0 Å². The smallest absolute Gasteiger partial charge is 0.223 e. The first-order valence-electron chi connectivity index (χ1n) is 9.41. The Morgan fingerprint density at radius 3 is 2.60 bits per heavy atom. The molecule has 138 valence electrons. The Kier molecular flexibility index (Phi) is 5.74. The minimum atomic E-state index is -0.246. The molecule has 0 saturated heterocycles. The van der Waals surface area contributed by atoms with Gasteiger partial charge in [-0.3, -0.25) is 4.79 Å². The molecule has 5 heteroatoms. The average Bonchev–Trinajstić information content (AvgIpc) is 2.54. The van der Waals surface area contributed by atoms with E-state index in [0.29, 0.717) is 18.4 Å². The molecule has 2 aliphatic rings. The van der Waals surface area contributed by atoms with Crippen LogP contribution in [0.4, 0.5) is 4.39 Å². The van der Waals surface area contributed by atoms with Crippen molar-refractivity contribution >= 4 is 5.91 Å². The van der Waals surface area contributed by atoms with E-state index in [0.717, 1.165) is 31.2 Å². The third-order valence-electron chi connectivity index (χ3n) is 6.11. The Hall–Kier alpha value is -1.46. The van der Waals surface area contributed by atoms with Gasteiger partial charge in [-0.05, 0) is 69.3 Å². The first-order chi connectivity index (χ1) is 12.0. The van der Waals surface area contributed by atoms with Gasteiger partial charge in [-0.15, -0.1) is 0 Å². The molecular formula is C20H30FN3O. The zero-order chi connectivity index (χ0) is 18.0. The second kappa shape index (κ2) is 7.83. The van der Waals surface area contributed by atoms with Crippen LogP contribution < -0.4 is 11.1 Å². The summed E-state index contributed by atoms with van der Waals surface area (Å²) in [7, 11) is 3.90.